The molecule has 0 saturated carbocycles. The van der Waals surface area contributed by atoms with E-state index in [0.717, 1.165) is 16.0 Å². The van der Waals surface area contributed by atoms with Crippen molar-refractivity contribution in [3.8, 4) is 11.1 Å². The largest absolute Gasteiger partial charge is 0.462 e. The Balaban J connectivity index is 1.80. The van der Waals surface area contributed by atoms with Crippen LogP contribution in [0.5, 0.6) is 0 Å². The summed E-state index contributed by atoms with van der Waals surface area (Å²) in [6.07, 6.45) is 0. The molecule has 0 aliphatic carbocycles. The molecule has 0 unspecified atom stereocenters. The van der Waals surface area contributed by atoms with Gasteiger partial charge >= 0.3 is 5.97 Å². The smallest absolute Gasteiger partial charge is 0.341 e. The predicted molar refractivity (Wildman–Crippen MR) is 118 cm³/mol. The molecule has 3 rings (SSSR count). The average Bonchev–Trinajstić information content (AvgIpc) is 3.09. The minimum Gasteiger partial charge on any atom is -0.462 e. The predicted octanol–water partition coefficient (Wildman–Crippen LogP) is 4.27. The van der Waals surface area contributed by atoms with Crippen molar-refractivity contribution >= 4 is 34.1 Å². The zero-order chi connectivity index (χ0) is 21.5. The quantitative estimate of drug-likeness (QED) is 0.557. The molecular weight excluding hydrogens is 400 g/mol. The summed E-state index contributed by atoms with van der Waals surface area (Å²) in [5.74, 6) is -1.27. The lowest BCUT2D eigenvalue weighted by atomic mass is 10.0. The van der Waals surface area contributed by atoms with Crippen molar-refractivity contribution in [3.05, 3.63) is 76.7 Å². The standard InChI is InChI=1S/C23H22N2O4S/c1-3-29-23(28)20-19(16-10-6-4-7-11-16)15(2)30-22(20)25-18(26)14-24-21(27)17-12-8-5-9-13-17/h4-13H,3,14H2,1-2H3,(H,24,27)(H,25,26). The molecule has 1 aromatic heterocycles. The van der Waals surface area contributed by atoms with E-state index in [-0.39, 0.29) is 19.1 Å². The van der Waals surface area contributed by atoms with Gasteiger partial charge < -0.3 is 15.4 Å². The summed E-state index contributed by atoms with van der Waals surface area (Å²) in [7, 11) is 0. The normalized spacial score (nSPS) is 10.3. The molecule has 0 atom stereocenters. The Kier molecular flexibility index (Phi) is 6.98. The van der Waals surface area contributed by atoms with Crippen LogP contribution in [0.2, 0.25) is 0 Å². The molecule has 0 aliphatic heterocycles. The lowest BCUT2D eigenvalue weighted by molar-refractivity contribution is -0.115. The first kappa shape index (κ1) is 21.3. The molecule has 0 aliphatic rings. The van der Waals surface area contributed by atoms with Gasteiger partial charge in [-0.25, -0.2) is 4.79 Å². The fraction of sp³-hybridized carbons (Fsp3) is 0.174. The van der Waals surface area contributed by atoms with E-state index in [0.29, 0.717) is 16.1 Å². The molecule has 7 heteroatoms. The lowest BCUT2D eigenvalue weighted by Gasteiger charge is -2.10. The number of amides is 2. The number of rotatable bonds is 7. The molecule has 0 saturated heterocycles. The Labute approximate surface area is 178 Å². The maximum absolute atomic E-state index is 12.7. The summed E-state index contributed by atoms with van der Waals surface area (Å²) < 4.78 is 5.23. The summed E-state index contributed by atoms with van der Waals surface area (Å²) in [6.45, 7) is 3.63. The number of ether oxygens (including phenoxy) is 1. The molecule has 6 nitrogen and oxygen atoms in total. The highest BCUT2D eigenvalue weighted by Crippen LogP contribution is 2.40. The van der Waals surface area contributed by atoms with Crippen molar-refractivity contribution in [1.29, 1.82) is 0 Å². The highest BCUT2D eigenvalue weighted by atomic mass is 32.1. The topological polar surface area (TPSA) is 84.5 Å². The van der Waals surface area contributed by atoms with E-state index < -0.39 is 11.9 Å². The van der Waals surface area contributed by atoms with Crippen LogP contribution in [-0.4, -0.2) is 30.9 Å². The van der Waals surface area contributed by atoms with Crippen molar-refractivity contribution < 1.29 is 19.1 Å². The van der Waals surface area contributed by atoms with Gasteiger partial charge in [-0.2, -0.15) is 0 Å². The monoisotopic (exact) mass is 422 g/mol. The third kappa shape index (κ3) is 4.93. The van der Waals surface area contributed by atoms with Gasteiger partial charge in [-0.1, -0.05) is 48.5 Å². The van der Waals surface area contributed by atoms with E-state index in [4.69, 9.17) is 4.74 Å². The maximum Gasteiger partial charge on any atom is 0.341 e. The van der Waals surface area contributed by atoms with Crippen molar-refractivity contribution in [2.45, 2.75) is 13.8 Å². The van der Waals surface area contributed by atoms with E-state index >= 15 is 0 Å². The van der Waals surface area contributed by atoms with Gasteiger partial charge in [-0.3, -0.25) is 9.59 Å². The molecule has 0 fully saturated rings. The Morgan fingerprint density at radius 3 is 2.23 bits per heavy atom. The number of carbonyl (C=O) groups is 3. The second kappa shape index (κ2) is 9.84. The second-order valence-corrected chi connectivity index (χ2v) is 7.65. The molecule has 30 heavy (non-hydrogen) atoms. The second-order valence-electron chi connectivity index (χ2n) is 6.42. The first-order valence-corrected chi connectivity index (χ1v) is 10.3. The maximum atomic E-state index is 12.7. The summed E-state index contributed by atoms with van der Waals surface area (Å²) >= 11 is 1.30. The fourth-order valence-electron chi connectivity index (χ4n) is 3.01. The summed E-state index contributed by atoms with van der Waals surface area (Å²) in [5.41, 5.74) is 2.40. The first-order chi connectivity index (χ1) is 14.5. The molecule has 0 radical (unpaired) electrons. The van der Waals surface area contributed by atoms with Crippen molar-refractivity contribution in [2.75, 3.05) is 18.5 Å². The third-order valence-corrected chi connectivity index (χ3v) is 5.35. The van der Waals surface area contributed by atoms with Crippen LogP contribution in [-0.2, 0) is 9.53 Å². The van der Waals surface area contributed by atoms with Gasteiger partial charge in [-0.15, -0.1) is 11.3 Å². The number of thiophene rings is 1. The number of benzene rings is 2. The first-order valence-electron chi connectivity index (χ1n) is 9.50. The zero-order valence-electron chi connectivity index (χ0n) is 16.7. The van der Waals surface area contributed by atoms with E-state index in [9.17, 15) is 14.4 Å². The van der Waals surface area contributed by atoms with E-state index in [1.165, 1.54) is 11.3 Å². The van der Waals surface area contributed by atoms with Gasteiger partial charge in [0.2, 0.25) is 5.91 Å². The molecule has 2 aromatic carbocycles. The number of hydrogen-bond acceptors (Lipinski definition) is 5. The van der Waals surface area contributed by atoms with Gasteiger partial charge in [0, 0.05) is 16.0 Å². The highest BCUT2D eigenvalue weighted by molar-refractivity contribution is 7.17. The van der Waals surface area contributed by atoms with Gasteiger partial charge in [0.15, 0.2) is 0 Å². The third-order valence-electron chi connectivity index (χ3n) is 4.32. The molecular formula is C23H22N2O4S. The molecule has 2 amide bonds. The van der Waals surface area contributed by atoms with Crippen LogP contribution in [0.15, 0.2) is 60.7 Å². The molecule has 3 aromatic rings. The Bertz CT molecular complexity index is 1050. The van der Waals surface area contributed by atoms with Crippen LogP contribution < -0.4 is 10.6 Å². The van der Waals surface area contributed by atoms with E-state index in [2.05, 4.69) is 10.6 Å². The van der Waals surface area contributed by atoms with Crippen LogP contribution in [0.25, 0.3) is 11.1 Å². The SMILES string of the molecule is CCOC(=O)c1c(NC(=O)CNC(=O)c2ccccc2)sc(C)c1-c1ccccc1. The minimum atomic E-state index is -0.496. The highest BCUT2D eigenvalue weighted by Gasteiger charge is 2.25. The van der Waals surface area contributed by atoms with Gasteiger partial charge in [0.1, 0.15) is 10.6 Å². The summed E-state index contributed by atoms with van der Waals surface area (Å²) in [4.78, 5) is 38.2. The van der Waals surface area contributed by atoms with E-state index in [1.54, 1.807) is 31.2 Å². The summed E-state index contributed by atoms with van der Waals surface area (Å²) in [6, 6.07) is 18.1. The van der Waals surface area contributed by atoms with Gasteiger partial charge in [-0.05, 0) is 31.5 Å². The number of hydrogen-bond donors (Lipinski definition) is 2. The van der Waals surface area contributed by atoms with Crippen LogP contribution in [0.3, 0.4) is 0 Å². The number of esters is 1. The zero-order valence-corrected chi connectivity index (χ0v) is 17.5. The molecule has 154 valence electrons. The van der Waals surface area contributed by atoms with Crippen molar-refractivity contribution in [2.24, 2.45) is 0 Å². The van der Waals surface area contributed by atoms with Gasteiger partial charge in [0.25, 0.3) is 5.91 Å². The number of nitrogens with one attached hydrogen (secondary N) is 2. The van der Waals surface area contributed by atoms with Crippen molar-refractivity contribution in [3.63, 3.8) is 0 Å². The van der Waals surface area contributed by atoms with Crippen LogP contribution in [0.1, 0.15) is 32.5 Å². The molecule has 1 heterocycles. The number of aryl methyl sites for hydroxylation is 1. The molecule has 0 spiro atoms. The lowest BCUT2D eigenvalue weighted by Crippen LogP contribution is -2.33. The number of anilines is 1. The molecule has 0 bridgehead atoms. The summed E-state index contributed by atoms with van der Waals surface area (Å²) in [5, 5.41) is 5.74. The van der Waals surface area contributed by atoms with Crippen molar-refractivity contribution in [1.82, 2.24) is 5.32 Å². The van der Waals surface area contributed by atoms with Crippen LogP contribution in [0.4, 0.5) is 5.00 Å². The Morgan fingerprint density at radius 1 is 0.967 bits per heavy atom. The Morgan fingerprint density at radius 2 is 1.60 bits per heavy atom. The fourth-order valence-corrected chi connectivity index (χ4v) is 4.09. The van der Waals surface area contributed by atoms with E-state index in [1.807, 2.05) is 43.3 Å². The minimum absolute atomic E-state index is 0.215. The Hall–Kier alpha value is -3.45. The average molecular weight is 423 g/mol. The van der Waals surface area contributed by atoms with Crippen LogP contribution >= 0.6 is 11.3 Å². The van der Waals surface area contributed by atoms with Gasteiger partial charge in [0.05, 0.1) is 13.2 Å². The number of carbonyl (C=O) groups excluding carboxylic acids is 3. The van der Waals surface area contributed by atoms with Crippen LogP contribution in [0, 0.1) is 6.92 Å². The molecule has 2 N–H and O–H groups in total.